The Bertz CT molecular complexity index is 465. The van der Waals surface area contributed by atoms with Crippen LogP contribution in [0.3, 0.4) is 0 Å². The molecule has 1 aliphatic carbocycles. The first-order valence-corrected chi connectivity index (χ1v) is 7.65. The van der Waals surface area contributed by atoms with Crippen molar-refractivity contribution in [2.24, 2.45) is 5.92 Å². The van der Waals surface area contributed by atoms with E-state index in [1.807, 2.05) is 0 Å². The van der Waals surface area contributed by atoms with Crippen molar-refractivity contribution in [2.75, 3.05) is 11.1 Å². The monoisotopic (exact) mass is 300 g/mol. The quantitative estimate of drug-likeness (QED) is 0.763. The molecule has 0 saturated heterocycles. The van der Waals surface area contributed by atoms with Crippen LogP contribution < -0.4 is 11.1 Å². The SMILES string of the molecule is CCC(Nc1ccc(C(F)(F)F)cc1N)C1CCCCC1. The van der Waals surface area contributed by atoms with Crippen LogP contribution in [0.2, 0.25) is 0 Å². The van der Waals surface area contributed by atoms with Gasteiger partial charge in [0.2, 0.25) is 0 Å². The van der Waals surface area contributed by atoms with Gasteiger partial charge in [-0.1, -0.05) is 26.2 Å². The van der Waals surface area contributed by atoms with E-state index in [-0.39, 0.29) is 11.7 Å². The number of benzene rings is 1. The maximum absolute atomic E-state index is 12.6. The predicted octanol–water partition coefficient (Wildman–Crippen LogP) is 5.06. The van der Waals surface area contributed by atoms with Crippen LogP contribution in [0.4, 0.5) is 24.5 Å². The molecular weight excluding hydrogens is 277 g/mol. The summed E-state index contributed by atoms with van der Waals surface area (Å²) < 4.78 is 37.9. The van der Waals surface area contributed by atoms with E-state index in [1.54, 1.807) is 0 Å². The first-order chi connectivity index (χ1) is 9.91. The van der Waals surface area contributed by atoms with Crippen LogP contribution in [-0.2, 0) is 6.18 Å². The average Bonchev–Trinajstić information content (AvgIpc) is 2.46. The lowest BCUT2D eigenvalue weighted by Crippen LogP contribution is -2.30. The minimum Gasteiger partial charge on any atom is -0.397 e. The van der Waals surface area contributed by atoms with Gasteiger partial charge in [0.05, 0.1) is 16.9 Å². The van der Waals surface area contributed by atoms with Gasteiger partial charge in [-0.3, -0.25) is 0 Å². The van der Waals surface area contributed by atoms with Gasteiger partial charge in [0.25, 0.3) is 0 Å². The van der Waals surface area contributed by atoms with E-state index in [0.717, 1.165) is 18.6 Å². The van der Waals surface area contributed by atoms with Gasteiger partial charge < -0.3 is 11.1 Å². The molecule has 0 amide bonds. The molecule has 21 heavy (non-hydrogen) atoms. The Morgan fingerprint density at radius 1 is 1.24 bits per heavy atom. The standard InChI is InChI=1S/C16H23F3N2/c1-2-14(11-6-4-3-5-7-11)21-15-9-8-12(10-13(15)20)16(17,18)19/h8-11,14,21H,2-7,20H2,1H3. The topological polar surface area (TPSA) is 38.0 Å². The number of rotatable bonds is 4. The van der Waals surface area contributed by atoms with Crippen molar-refractivity contribution in [1.29, 1.82) is 0 Å². The van der Waals surface area contributed by atoms with Crippen molar-refractivity contribution < 1.29 is 13.2 Å². The summed E-state index contributed by atoms with van der Waals surface area (Å²) in [6, 6.07) is 3.83. The summed E-state index contributed by atoms with van der Waals surface area (Å²) in [4.78, 5) is 0. The highest BCUT2D eigenvalue weighted by Crippen LogP contribution is 2.35. The number of hydrogen-bond acceptors (Lipinski definition) is 2. The maximum Gasteiger partial charge on any atom is 0.416 e. The summed E-state index contributed by atoms with van der Waals surface area (Å²) in [5, 5.41) is 3.35. The van der Waals surface area contributed by atoms with Crippen molar-refractivity contribution in [3.05, 3.63) is 23.8 Å². The number of nitrogens with one attached hydrogen (secondary N) is 1. The Kier molecular flexibility index (Phi) is 5.01. The molecule has 1 aromatic carbocycles. The molecule has 0 heterocycles. The van der Waals surface area contributed by atoms with Gasteiger partial charge in [-0.2, -0.15) is 13.2 Å². The van der Waals surface area contributed by atoms with E-state index >= 15 is 0 Å². The molecule has 1 aliphatic rings. The lowest BCUT2D eigenvalue weighted by atomic mass is 9.83. The smallest absolute Gasteiger partial charge is 0.397 e. The molecule has 0 radical (unpaired) electrons. The third-order valence-electron chi connectivity index (χ3n) is 4.38. The van der Waals surface area contributed by atoms with Gasteiger partial charge >= 0.3 is 6.18 Å². The number of anilines is 2. The van der Waals surface area contributed by atoms with Crippen molar-refractivity contribution in [2.45, 2.75) is 57.7 Å². The number of nitrogen functional groups attached to an aromatic ring is 1. The summed E-state index contributed by atoms with van der Waals surface area (Å²) in [6.07, 6.45) is 2.75. The molecule has 0 bridgehead atoms. The maximum atomic E-state index is 12.6. The normalized spacial score (nSPS) is 18.5. The molecule has 0 spiro atoms. The highest BCUT2D eigenvalue weighted by Gasteiger charge is 2.31. The van der Waals surface area contributed by atoms with Gasteiger partial charge in [0.15, 0.2) is 0 Å². The molecule has 5 heteroatoms. The van der Waals surface area contributed by atoms with Crippen molar-refractivity contribution >= 4 is 11.4 Å². The molecule has 118 valence electrons. The fourth-order valence-corrected chi connectivity index (χ4v) is 3.16. The minimum atomic E-state index is -4.35. The van der Waals surface area contributed by atoms with E-state index in [0.29, 0.717) is 11.6 Å². The molecular formula is C16H23F3N2. The van der Waals surface area contributed by atoms with Crippen molar-refractivity contribution in [3.8, 4) is 0 Å². The molecule has 2 rings (SSSR count). The predicted molar refractivity (Wildman–Crippen MR) is 80.1 cm³/mol. The average molecular weight is 300 g/mol. The van der Waals surface area contributed by atoms with E-state index in [1.165, 1.54) is 38.2 Å². The Balaban J connectivity index is 2.10. The lowest BCUT2D eigenvalue weighted by Gasteiger charge is -2.31. The molecule has 1 unspecified atom stereocenters. The van der Waals surface area contributed by atoms with Gasteiger partial charge in [-0.25, -0.2) is 0 Å². The van der Waals surface area contributed by atoms with Gasteiger partial charge in [0, 0.05) is 6.04 Å². The first-order valence-electron chi connectivity index (χ1n) is 7.65. The molecule has 0 aliphatic heterocycles. The Morgan fingerprint density at radius 3 is 2.43 bits per heavy atom. The second-order valence-electron chi connectivity index (χ2n) is 5.86. The zero-order valence-electron chi connectivity index (χ0n) is 12.3. The van der Waals surface area contributed by atoms with E-state index in [2.05, 4.69) is 12.2 Å². The number of hydrogen-bond donors (Lipinski definition) is 2. The lowest BCUT2D eigenvalue weighted by molar-refractivity contribution is -0.137. The van der Waals surface area contributed by atoms with Gasteiger partial charge in [-0.05, 0) is 43.4 Å². The fourth-order valence-electron chi connectivity index (χ4n) is 3.16. The van der Waals surface area contributed by atoms with E-state index in [9.17, 15) is 13.2 Å². The zero-order valence-corrected chi connectivity index (χ0v) is 12.3. The summed E-state index contributed by atoms with van der Waals surface area (Å²) in [5.41, 5.74) is 5.87. The highest BCUT2D eigenvalue weighted by molar-refractivity contribution is 5.67. The van der Waals surface area contributed by atoms with Crippen LogP contribution in [0.5, 0.6) is 0 Å². The number of nitrogens with two attached hydrogens (primary N) is 1. The molecule has 1 fully saturated rings. The highest BCUT2D eigenvalue weighted by atomic mass is 19.4. The van der Waals surface area contributed by atoms with Crippen LogP contribution >= 0.6 is 0 Å². The van der Waals surface area contributed by atoms with Gasteiger partial charge in [0.1, 0.15) is 0 Å². The second kappa shape index (κ2) is 6.58. The van der Waals surface area contributed by atoms with Crippen LogP contribution in [0, 0.1) is 5.92 Å². The Hall–Kier alpha value is -1.39. The molecule has 3 N–H and O–H groups in total. The molecule has 1 aromatic rings. The van der Waals surface area contributed by atoms with Crippen molar-refractivity contribution in [1.82, 2.24) is 0 Å². The van der Waals surface area contributed by atoms with Crippen LogP contribution in [0.25, 0.3) is 0 Å². The number of halogens is 3. The molecule has 1 saturated carbocycles. The largest absolute Gasteiger partial charge is 0.416 e. The summed E-state index contributed by atoms with van der Waals surface area (Å²) in [6.45, 7) is 2.10. The summed E-state index contributed by atoms with van der Waals surface area (Å²) in [7, 11) is 0. The van der Waals surface area contributed by atoms with Crippen molar-refractivity contribution in [3.63, 3.8) is 0 Å². The molecule has 2 nitrogen and oxygen atoms in total. The molecule has 1 atom stereocenters. The number of alkyl halides is 3. The summed E-state index contributed by atoms with van der Waals surface area (Å²) >= 11 is 0. The zero-order chi connectivity index (χ0) is 15.5. The first kappa shape index (κ1) is 16.0. The summed E-state index contributed by atoms with van der Waals surface area (Å²) in [5.74, 6) is 0.588. The fraction of sp³-hybridized carbons (Fsp3) is 0.625. The Morgan fingerprint density at radius 2 is 1.90 bits per heavy atom. The minimum absolute atomic E-state index is 0.166. The van der Waals surface area contributed by atoms with E-state index in [4.69, 9.17) is 5.73 Å². The van der Waals surface area contributed by atoms with Crippen LogP contribution in [0.1, 0.15) is 51.0 Å². The van der Waals surface area contributed by atoms with E-state index < -0.39 is 11.7 Å². The van der Waals surface area contributed by atoms with Crippen LogP contribution in [0.15, 0.2) is 18.2 Å². The third-order valence-corrected chi connectivity index (χ3v) is 4.38. The Labute approximate surface area is 123 Å². The van der Waals surface area contributed by atoms with Gasteiger partial charge in [-0.15, -0.1) is 0 Å². The van der Waals surface area contributed by atoms with Crippen LogP contribution in [-0.4, -0.2) is 6.04 Å². The second-order valence-corrected chi connectivity index (χ2v) is 5.86. The molecule has 0 aromatic heterocycles. The third kappa shape index (κ3) is 4.05.